The molecule has 3 heteroatoms. The highest BCUT2D eigenvalue weighted by Crippen LogP contribution is 2.21. The monoisotopic (exact) mass is 322 g/mol. The third-order valence-corrected chi connectivity index (χ3v) is 4.88. The van der Waals surface area contributed by atoms with E-state index < -0.39 is 0 Å². The molecule has 0 saturated heterocycles. The number of hydrogen-bond donors (Lipinski definition) is 1. The van der Waals surface area contributed by atoms with E-state index in [1.807, 2.05) is 0 Å². The third kappa shape index (κ3) is 4.24. The number of nitrogens with zero attached hydrogens (tertiary/aromatic N) is 1. The minimum absolute atomic E-state index is 0.142. The quantitative estimate of drug-likeness (QED) is 0.917. The molecule has 0 fully saturated rings. The van der Waals surface area contributed by atoms with E-state index >= 15 is 0 Å². The molecule has 3 rings (SSSR count). The summed E-state index contributed by atoms with van der Waals surface area (Å²) >= 11 is 0. The summed E-state index contributed by atoms with van der Waals surface area (Å²) in [5, 5.41) is 3.12. The van der Waals surface area contributed by atoms with E-state index in [9.17, 15) is 4.79 Å². The van der Waals surface area contributed by atoms with Gasteiger partial charge in [0.1, 0.15) is 0 Å². The van der Waals surface area contributed by atoms with Crippen molar-refractivity contribution in [1.29, 1.82) is 0 Å². The van der Waals surface area contributed by atoms with Gasteiger partial charge in [0, 0.05) is 25.6 Å². The highest BCUT2D eigenvalue weighted by atomic mass is 16.1. The molecule has 0 aromatic heterocycles. The Morgan fingerprint density at radius 2 is 1.96 bits per heavy atom. The van der Waals surface area contributed by atoms with Crippen LogP contribution in [0.2, 0.25) is 0 Å². The molecule has 0 unspecified atom stereocenters. The van der Waals surface area contributed by atoms with Crippen LogP contribution in [0.25, 0.3) is 0 Å². The molecule has 1 atom stereocenters. The van der Waals surface area contributed by atoms with Gasteiger partial charge in [-0.25, -0.2) is 0 Å². The SMILES string of the molecule is Cc1cccc(CCC(=O)NC[C@@H]2Cc3ccccc3CN2C)c1. The van der Waals surface area contributed by atoms with Gasteiger partial charge in [0.2, 0.25) is 5.91 Å². The maximum absolute atomic E-state index is 12.2. The number of carbonyl (C=O) groups excluding carboxylic acids is 1. The van der Waals surface area contributed by atoms with Crippen LogP contribution in [-0.2, 0) is 24.2 Å². The van der Waals surface area contributed by atoms with Gasteiger partial charge in [0.25, 0.3) is 0 Å². The molecule has 0 bridgehead atoms. The van der Waals surface area contributed by atoms with Crippen LogP contribution in [0.5, 0.6) is 0 Å². The summed E-state index contributed by atoms with van der Waals surface area (Å²) in [5.74, 6) is 0.142. The van der Waals surface area contributed by atoms with Gasteiger partial charge in [0.05, 0.1) is 0 Å². The molecule has 0 spiro atoms. The molecule has 2 aromatic rings. The molecule has 1 N–H and O–H groups in total. The molecule has 1 heterocycles. The van der Waals surface area contributed by atoms with Gasteiger partial charge in [-0.3, -0.25) is 9.69 Å². The zero-order valence-electron chi connectivity index (χ0n) is 14.6. The van der Waals surface area contributed by atoms with Crippen molar-refractivity contribution in [2.45, 2.75) is 38.8 Å². The lowest BCUT2D eigenvalue weighted by molar-refractivity contribution is -0.121. The molecule has 1 aliphatic rings. The molecule has 0 saturated carbocycles. The molecule has 1 amide bonds. The average molecular weight is 322 g/mol. The summed E-state index contributed by atoms with van der Waals surface area (Å²) in [4.78, 5) is 14.5. The zero-order valence-corrected chi connectivity index (χ0v) is 14.6. The average Bonchev–Trinajstić information content (AvgIpc) is 2.58. The van der Waals surface area contributed by atoms with E-state index in [1.165, 1.54) is 22.3 Å². The molecule has 126 valence electrons. The fourth-order valence-electron chi connectivity index (χ4n) is 3.39. The Morgan fingerprint density at radius 3 is 2.75 bits per heavy atom. The predicted molar refractivity (Wildman–Crippen MR) is 97.9 cm³/mol. The van der Waals surface area contributed by atoms with Crippen LogP contribution in [0, 0.1) is 6.92 Å². The van der Waals surface area contributed by atoms with Crippen molar-refractivity contribution in [3.05, 3.63) is 70.8 Å². The van der Waals surface area contributed by atoms with E-state index in [1.54, 1.807) is 0 Å². The zero-order chi connectivity index (χ0) is 16.9. The third-order valence-electron chi connectivity index (χ3n) is 4.88. The van der Waals surface area contributed by atoms with Crippen molar-refractivity contribution in [3.63, 3.8) is 0 Å². The van der Waals surface area contributed by atoms with Gasteiger partial charge >= 0.3 is 0 Å². The number of hydrogen-bond acceptors (Lipinski definition) is 2. The summed E-state index contributed by atoms with van der Waals surface area (Å²) in [6.45, 7) is 3.76. The molecular formula is C21H26N2O. The second-order valence-electron chi connectivity index (χ2n) is 6.83. The predicted octanol–water partition coefficient (Wildman–Crippen LogP) is 3.10. The highest BCUT2D eigenvalue weighted by molar-refractivity contribution is 5.76. The maximum atomic E-state index is 12.2. The molecule has 2 aromatic carbocycles. The summed E-state index contributed by atoms with van der Waals surface area (Å²) in [7, 11) is 2.14. The lowest BCUT2D eigenvalue weighted by Crippen LogP contribution is -2.45. The van der Waals surface area contributed by atoms with Crippen LogP contribution in [0.3, 0.4) is 0 Å². The van der Waals surface area contributed by atoms with Crippen molar-refractivity contribution < 1.29 is 4.79 Å². The van der Waals surface area contributed by atoms with Crippen LogP contribution in [0.4, 0.5) is 0 Å². The fourth-order valence-corrected chi connectivity index (χ4v) is 3.39. The standard InChI is InChI=1S/C21H26N2O/c1-16-6-5-7-17(12-16)10-11-21(24)22-14-20-13-18-8-3-4-9-19(18)15-23(20)2/h3-9,12,20H,10-11,13-15H2,1-2H3,(H,22,24)/t20-/m0/s1. The van der Waals surface area contributed by atoms with Crippen LogP contribution >= 0.6 is 0 Å². The molecule has 1 aliphatic heterocycles. The second-order valence-corrected chi connectivity index (χ2v) is 6.83. The fraction of sp³-hybridized carbons (Fsp3) is 0.381. The van der Waals surface area contributed by atoms with Crippen molar-refractivity contribution in [1.82, 2.24) is 10.2 Å². The maximum Gasteiger partial charge on any atom is 0.220 e. The Morgan fingerprint density at radius 1 is 1.17 bits per heavy atom. The van der Waals surface area contributed by atoms with Crippen LogP contribution in [-0.4, -0.2) is 30.4 Å². The molecular weight excluding hydrogens is 296 g/mol. The number of amides is 1. The first-order valence-corrected chi connectivity index (χ1v) is 8.71. The van der Waals surface area contributed by atoms with Gasteiger partial charge in [-0.1, -0.05) is 54.1 Å². The highest BCUT2D eigenvalue weighted by Gasteiger charge is 2.23. The lowest BCUT2D eigenvalue weighted by Gasteiger charge is -2.34. The minimum Gasteiger partial charge on any atom is -0.355 e. The van der Waals surface area contributed by atoms with Crippen LogP contribution < -0.4 is 5.32 Å². The molecule has 24 heavy (non-hydrogen) atoms. The van der Waals surface area contributed by atoms with Crippen molar-refractivity contribution in [3.8, 4) is 0 Å². The number of likely N-dealkylation sites (N-methyl/N-ethyl adjacent to an activating group) is 1. The Hall–Kier alpha value is -2.13. The van der Waals surface area contributed by atoms with Crippen molar-refractivity contribution >= 4 is 5.91 Å². The number of aryl methyl sites for hydroxylation is 2. The topological polar surface area (TPSA) is 32.3 Å². The largest absolute Gasteiger partial charge is 0.355 e. The number of nitrogens with one attached hydrogen (secondary N) is 1. The lowest BCUT2D eigenvalue weighted by atomic mass is 9.94. The Labute approximate surface area is 144 Å². The second kappa shape index (κ2) is 7.63. The molecule has 3 nitrogen and oxygen atoms in total. The van der Waals surface area contributed by atoms with Crippen molar-refractivity contribution in [2.24, 2.45) is 0 Å². The van der Waals surface area contributed by atoms with Gasteiger partial charge in [-0.2, -0.15) is 0 Å². The summed E-state index contributed by atoms with van der Waals surface area (Å²) in [6, 6.07) is 17.4. The van der Waals surface area contributed by atoms with Gasteiger partial charge in [0.15, 0.2) is 0 Å². The van der Waals surface area contributed by atoms with Crippen LogP contribution in [0.15, 0.2) is 48.5 Å². The first kappa shape index (κ1) is 16.7. The summed E-state index contributed by atoms with van der Waals surface area (Å²) < 4.78 is 0. The Bertz CT molecular complexity index is 710. The number of fused-ring (bicyclic) bond motifs is 1. The first-order chi connectivity index (χ1) is 11.6. The van der Waals surface area contributed by atoms with E-state index in [0.29, 0.717) is 12.5 Å². The van der Waals surface area contributed by atoms with Crippen LogP contribution in [0.1, 0.15) is 28.7 Å². The van der Waals surface area contributed by atoms with E-state index in [2.05, 4.69) is 72.7 Å². The first-order valence-electron chi connectivity index (χ1n) is 8.71. The Balaban J connectivity index is 1.48. The van der Waals surface area contributed by atoms with E-state index in [0.717, 1.165) is 25.9 Å². The number of carbonyl (C=O) groups is 1. The molecule has 0 radical (unpaired) electrons. The van der Waals surface area contributed by atoms with E-state index in [4.69, 9.17) is 0 Å². The van der Waals surface area contributed by atoms with Gasteiger partial charge in [-0.05, 0) is 43.5 Å². The smallest absolute Gasteiger partial charge is 0.220 e. The number of benzene rings is 2. The van der Waals surface area contributed by atoms with E-state index in [-0.39, 0.29) is 5.91 Å². The summed E-state index contributed by atoms with van der Waals surface area (Å²) in [5.41, 5.74) is 5.29. The Kier molecular flexibility index (Phi) is 5.31. The number of rotatable bonds is 5. The van der Waals surface area contributed by atoms with Crippen molar-refractivity contribution in [2.75, 3.05) is 13.6 Å². The van der Waals surface area contributed by atoms with Gasteiger partial charge in [-0.15, -0.1) is 0 Å². The summed E-state index contributed by atoms with van der Waals surface area (Å²) in [6.07, 6.45) is 2.36. The van der Waals surface area contributed by atoms with Gasteiger partial charge < -0.3 is 5.32 Å². The minimum atomic E-state index is 0.142. The molecule has 0 aliphatic carbocycles. The normalized spacial score (nSPS) is 17.3.